The van der Waals surface area contributed by atoms with Crippen LogP contribution in [0.1, 0.15) is 41.5 Å². The fourth-order valence-corrected chi connectivity index (χ4v) is 2.04. The van der Waals surface area contributed by atoms with Crippen molar-refractivity contribution in [3.8, 4) is 11.8 Å². The molecule has 0 atom stereocenters. The Kier molecular flexibility index (Phi) is 5.93. The van der Waals surface area contributed by atoms with Gasteiger partial charge in [-0.1, -0.05) is 0 Å². The van der Waals surface area contributed by atoms with Gasteiger partial charge in [0.15, 0.2) is 11.8 Å². The molecule has 8 nitrogen and oxygen atoms in total. The molecule has 2 rings (SSSR count). The molecule has 27 heavy (non-hydrogen) atoms. The molecule has 0 spiro atoms. The fourth-order valence-electron chi connectivity index (χ4n) is 2.04. The Bertz CT molecular complexity index is 731. The number of hydrogen-bond donors (Lipinski definition) is 0. The van der Waals surface area contributed by atoms with Gasteiger partial charge >= 0.3 is 19.9 Å². The Balaban J connectivity index is 1.97. The molecule has 0 N–H and O–H groups in total. The van der Waals surface area contributed by atoms with E-state index in [9.17, 15) is 9.59 Å². The van der Waals surface area contributed by atoms with Crippen LogP contribution in [0.4, 0.5) is 9.59 Å². The van der Waals surface area contributed by atoms with E-state index in [0.717, 1.165) is 0 Å². The first-order valence-electron chi connectivity index (χ1n) is 8.53. The summed E-state index contributed by atoms with van der Waals surface area (Å²) < 4.78 is 24.1. The highest BCUT2D eigenvalue weighted by Crippen LogP contribution is 2.18. The van der Waals surface area contributed by atoms with Gasteiger partial charge in [-0.15, -0.1) is 0 Å². The summed E-state index contributed by atoms with van der Waals surface area (Å²) >= 11 is 0. The van der Waals surface area contributed by atoms with Crippen LogP contribution in [0.15, 0.2) is 36.7 Å². The highest BCUT2D eigenvalue weighted by atomic mass is 16.6. The second-order valence-corrected chi connectivity index (χ2v) is 7.80. The minimum atomic E-state index is -0.622. The van der Waals surface area contributed by atoms with Crippen molar-refractivity contribution in [3.05, 3.63) is 36.7 Å². The zero-order valence-electron chi connectivity index (χ0n) is 16.5. The van der Waals surface area contributed by atoms with Crippen molar-refractivity contribution in [3.63, 3.8) is 0 Å². The summed E-state index contributed by atoms with van der Waals surface area (Å²) in [5.74, 6) is 0.527. The standard InChI is InChI=1S/C18H25BN2O6/c1-17(2,3)24-15(22)20-11-7-9-13(20)26-19-27-14-10-8-12-21(14)16(23)25-18(4,5)6/h7-12,19H,1-6H3. The molecule has 0 unspecified atom stereocenters. The molecular formula is C18H25BN2O6. The molecule has 146 valence electrons. The lowest BCUT2D eigenvalue weighted by molar-refractivity contribution is 0.0521. The maximum absolute atomic E-state index is 12.2. The number of nitrogens with zero attached hydrogens (tertiary/aromatic N) is 2. The highest BCUT2D eigenvalue weighted by molar-refractivity contribution is 6.20. The summed E-state index contributed by atoms with van der Waals surface area (Å²) in [5, 5.41) is 0. The van der Waals surface area contributed by atoms with Crippen molar-refractivity contribution < 1.29 is 28.4 Å². The van der Waals surface area contributed by atoms with E-state index < -0.39 is 23.4 Å². The van der Waals surface area contributed by atoms with Crippen LogP contribution in [0.3, 0.4) is 0 Å². The Morgan fingerprint density at radius 2 is 1.15 bits per heavy atom. The van der Waals surface area contributed by atoms with Gasteiger partial charge in [-0.3, -0.25) is 0 Å². The van der Waals surface area contributed by atoms with Gasteiger partial charge in [-0.05, 0) is 65.8 Å². The maximum Gasteiger partial charge on any atom is 0.578 e. The maximum atomic E-state index is 12.2. The largest absolute Gasteiger partial charge is 0.578 e. The third-order valence-corrected chi connectivity index (χ3v) is 3.02. The van der Waals surface area contributed by atoms with Crippen molar-refractivity contribution in [1.29, 1.82) is 0 Å². The Labute approximate surface area is 159 Å². The number of ether oxygens (including phenoxy) is 2. The molecule has 0 bridgehead atoms. The van der Waals surface area contributed by atoms with Gasteiger partial charge in [0.25, 0.3) is 0 Å². The number of hydrogen-bond acceptors (Lipinski definition) is 6. The summed E-state index contributed by atoms with van der Waals surface area (Å²) in [6, 6.07) is 6.53. The third-order valence-electron chi connectivity index (χ3n) is 3.02. The molecule has 2 aromatic heterocycles. The molecule has 0 aliphatic heterocycles. The smallest absolute Gasteiger partial charge is 0.515 e. The highest BCUT2D eigenvalue weighted by Gasteiger charge is 2.22. The molecular weight excluding hydrogens is 351 g/mol. The number of rotatable bonds is 4. The molecule has 0 amide bonds. The van der Waals surface area contributed by atoms with Crippen molar-refractivity contribution in [2.75, 3.05) is 0 Å². The van der Waals surface area contributed by atoms with E-state index >= 15 is 0 Å². The van der Waals surface area contributed by atoms with E-state index in [2.05, 4.69) is 0 Å². The summed E-state index contributed by atoms with van der Waals surface area (Å²) in [6.45, 7) is 10.7. The van der Waals surface area contributed by atoms with Crippen LogP contribution >= 0.6 is 0 Å². The van der Waals surface area contributed by atoms with E-state index in [1.165, 1.54) is 21.5 Å². The molecule has 0 aliphatic rings. The van der Waals surface area contributed by atoms with Crippen molar-refractivity contribution in [2.45, 2.75) is 52.7 Å². The quantitative estimate of drug-likeness (QED) is 0.759. The first kappa shape index (κ1) is 20.5. The van der Waals surface area contributed by atoms with E-state index in [4.69, 9.17) is 18.8 Å². The van der Waals surface area contributed by atoms with Crippen LogP contribution in [0.5, 0.6) is 11.8 Å². The predicted molar refractivity (Wildman–Crippen MR) is 101 cm³/mol. The second-order valence-electron chi connectivity index (χ2n) is 7.80. The molecule has 2 aromatic rings. The van der Waals surface area contributed by atoms with Crippen LogP contribution < -0.4 is 9.31 Å². The Morgan fingerprint density at radius 1 is 0.778 bits per heavy atom. The predicted octanol–water partition coefficient (Wildman–Crippen LogP) is 3.58. The summed E-state index contributed by atoms with van der Waals surface area (Å²) in [5.41, 5.74) is -1.24. The minimum Gasteiger partial charge on any atom is -0.515 e. The van der Waals surface area contributed by atoms with Crippen LogP contribution in [0, 0.1) is 0 Å². The van der Waals surface area contributed by atoms with Gasteiger partial charge in [0.1, 0.15) is 11.2 Å². The molecule has 0 radical (unpaired) electrons. The van der Waals surface area contributed by atoms with Crippen molar-refractivity contribution in [2.24, 2.45) is 0 Å². The summed E-state index contributed by atoms with van der Waals surface area (Å²) in [6.07, 6.45) is 1.96. The zero-order chi connectivity index (χ0) is 20.2. The lowest BCUT2D eigenvalue weighted by atomic mass is 10.2. The number of carbonyl (C=O) groups is 2. The lowest BCUT2D eigenvalue weighted by Gasteiger charge is -2.21. The average Bonchev–Trinajstić information content (AvgIpc) is 3.12. The number of aromatic nitrogens is 2. The third kappa shape index (κ3) is 6.12. The van der Waals surface area contributed by atoms with Gasteiger partial charge in [0, 0.05) is 12.4 Å². The molecule has 0 saturated heterocycles. The molecule has 0 fully saturated rings. The molecule has 2 heterocycles. The van der Waals surface area contributed by atoms with Gasteiger partial charge < -0.3 is 18.8 Å². The van der Waals surface area contributed by atoms with Crippen LogP contribution in [-0.2, 0) is 9.47 Å². The minimum absolute atomic E-state index is 0.209. The number of carbonyl (C=O) groups excluding carboxylic acids is 2. The van der Waals surface area contributed by atoms with Gasteiger partial charge in [0.2, 0.25) is 0 Å². The fraction of sp³-hybridized carbons (Fsp3) is 0.444. The van der Waals surface area contributed by atoms with Crippen molar-refractivity contribution >= 4 is 19.9 Å². The summed E-state index contributed by atoms with van der Waals surface area (Å²) in [7, 11) is -0.209. The van der Waals surface area contributed by atoms with Crippen LogP contribution in [0.25, 0.3) is 0 Å². The Hall–Kier alpha value is -2.84. The van der Waals surface area contributed by atoms with Gasteiger partial charge in [-0.25, -0.2) is 18.7 Å². The molecule has 0 saturated carbocycles. The Morgan fingerprint density at radius 3 is 1.48 bits per heavy atom. The van der Waals surface area contributed by atoms with E-state index in [-0.39, 0.29) is 19.4 Å². The van der Waals surface area contributed by atoms with Gasteiger partial charge in [-0.2, -0.15) is 0 Å². The molecule has 9 heteroatoms. The first-order valence-corrected chi connectivity index (χ1v) is 8.53. The SMILES string of the molecule is CC(C)(C)OC(=O)n1cccc1OBOc1cccn1C(=O)OC(C)(C)C. The first-order chi connectivity index (χ1) is 12.5. The zero-order valence-corrected chi connectivity index (χ0v) is 16.5. The summed E-state index contributed by atoms with van der Waals surface area (Å²) in [4.78, 5) is 24.3. The van der Waals surface area contributed by atoms with Crippen LogP contribution in [-0.4, -0.2) is 40.2 Å². The van der Waals surface area contributed by atoms with E-state index in [0.29, 0.717) is 0 Å². The van der Waals surface area contributed by atoms with E-state index in [1.54, 1.807) is 65.8 Å². The average molecular weight is 376 g/mol. The van der Waals surface area contributed by atoms with Gasteiger partial charge in [0.05, 0.1) is 0 Å². The van der Waals surface area contributed by atoms with Crippen molar-refractivity contribution in [1.82, 2.24) is 9.13 Å². The topological polar surface area (TPSA) is 80.9 Å². The normalized spacial score (nSPS) is 11.6. The van der Waals surface area contributed by atoms with Crippen LogP contribution in [0.2, 0.25) is 0 Å². The molecule has 0 aromatic carbocycles. The van der Waals surface area contributed by atoms with E-state index in [1.807, 2.05) is 0 Å². The lowest BCUT2D eigenvalue weighted by Crippen LogP contribution is -2.28. The second kappa shape index (κ2) is 7.81. The monoisotopic (exact) mass is 376 g/mol. The molecule has 0 aliphatic carbocycles.